The van der Waals surface area contributed by atoms with E-state index in [1.54, 1.807) is 20.8 Å². The van der Waals surface area contributed by atoms with E-state index in [9.17, 15) is 14.7 Å². The number of aromatic nitrogens is 2. The number of carbonyl (C=O) groups is 2. The standard InChI is InChI=1S/C19H23ClN4O4/c1-18(2,3)28-17(27)24-10-9-23(11-19(24,4)16(25)26)15-13-8-6-5-7-12(13)14(20)21-22-15/h5-8H,9-11H2,1-4H3,(H,25,26). The molecular weight excluding hydrogens is 384 g/mol. The van der Waals surface area contributed by atoms with Crippen molar-refractivity contribution in [3.05, 3.63) is 29.4 Å². The highest BCUT2D eigenvalue weighted by atomic mass is 35.5. The van der Waals surface area contributed by atoms with E-state index in [4.69, 9.17) is 16.3 Å². The Morgan fingerprint density at radius 2 is 1.82 bits per heavy atom. The van der Waals surface area contributed by atoms with E-state index in [2.05, 4.69) is 10.2 Å². The average Bonchev–Trinajstić information content (AvgIpc) is 2.60. The lowest BCUT2D eigenvalue weighted by atomic mass is 9.96. The van der Waals surface area contributed by atoms with Crippen molar-refractivity contribution >= 4 is 40.3 Å². The highest BCUT2D eigenvalue weighted by Crippen LogP contribution is 2.32. The molecule has 1 N–H and O–H groups in total. The third-order valence-electron chi connectivity index (χ3n) is 4.68. The van der Waals surface area contributed by atoms with Crippen LogP contribution in [0.15, 0.2) is 24.3 Å². The second-order valence-electron chi connectivity index (χ2n) is 7.99. The second kappa shape index (κ2) is 7.09. The minimum Gasteiger partial charge on any atom is -0.479 e. The lowest BCUT2D eigenvalue weighted by Crippen LogP contribution is -2.67. The molecule has 0 radical (unpaired) electrons. The Morgan fingerprint density at radius 3 is 2.43 bits per heavy atom. The van der Waals surface area contributed by atoms with Crippen molar-refractivity contribution < 1.29 is 19.4 Å². The number of anilines is 1. The van der Waals surface area contributed by atoms with Gasteiger partial charge in [0, 0.05) is 23.9 Å². The number of hydrogen-bond donors (Lipinski definition) is 1. The first-order valence-electron chi connectivity index (χ1n) is 8.93. The minimum absolute atomic E-state index is 0.0435. The molecule has 3 rings (SSSR count). The average molecular weight is 407 g/mol. The van der Waals surface area contributed by atoms with Gasteiger partial charge in [-0.05, 0) is 27.7 Å². The number of benzene rings is 1. The molecule has 0 bridgehead atoms. The molecule has 0 aliphatic carbocycles. The van der Waals surface area contributed by atoms with E-state index in [0.717, 1.165) is 10.8 Å². The van der Waals surface area contributed by atoms with Crippen molar-refractivity contribution in [3.63, 3.8) is 0 Å². The number of halogens is 1. The molecule has 150 valence electrons. The van der Waals surface area contributed by atoms with Gasteiger partial charge in [-0.1, -0.05) is 35.9 Å². The molecule has 1 atom stereocenters. The van der Waals surface area contributed by atoms with Crippen molar-refractivity contribution in [3.8, 4) is 0 Å². The number of fused-ring (bicyclic) bond motifs is 1. The molecular formula is C19H23ClN4O4. The van der Waals surface area contributed by atoms with E-state index in [0.29, 0.717) is 12.4 Å². The van der Waals surface area contributed by atoms with E-state index in [1.165, 1.54) is 11.8 Å². The number of ether oxygens (including phenoxy) is 1. The lowest BCUT2D eigenvalue weighted by Gasteiger charge is -2.46. The summed E-state index contributed by atoms with van der Waals surface area (Å²) in [5.41, 5.74) is -2.20. The summed E-state index contributed by atoms with van der Waals surface area (Å²) in [7, 11) is 0. The van der Waals surface area contributed by atoms with Crippen molar-refractivity contribution in [1.29, 1.82) is 0 Å². The Labute approximate surface area is 168 Å². The number of nitrogens with zero attached hydrogens (tertiary/aromatic N) is 4. The molecule has 28 heavy (non-hydrogen) atoms. The van der Waals surface area contributed by atoms with Gasteiger partial charge in [0.25, 0.3) is 0 Å². The van der Waals surface area contributed by atoms with Gasteiger partial charge >= 0.3 is 12.1 Å². The molecule has 1 aliphatic rings. The van der Waals surface area contributed by atoms with Crippen LogP contribution in [0.4, 0.5) is 10.6 Å². The number of rotatable bonds is 2. The minimum atomic E-state index is -1.48. The fourth-order valence-corrected chi connectivity index (χ4v) is 3.47. The van der Waals surface area contributed by atoms with Crippen LogP contribution in [0, 0.1) is 0 Å². The predicted molar refractivity (Wildman–Crippen MR) is 106 cm³/mol. The molecule has 1 aromatic carbocycles. The second-order valence-corrected chi connectivity index (χ2v) is 8.35. The van der Waals surface area contributed by atoms with Gasteiger partial charge in [0.2, 0.25) is 0 Å². The number of carboxylic acid groups (broad SMARTS) is 1. The molecule has 1 unspecified atom stereocenters. The van der Waals surface area contributed by atoms with Gasteiger partial charge in [-0.15, -0.1) is 10.2 Å². The third kappa shape index (κ3) is 3.69. The van der Waals surface area contributed by atoms with Crippen molar-refractivity contribution in [2.24, 2.45) is 0 Å². The molecule has 1 aromatic heterocycles. The zero-order valence-corrected chi connectivity index (χ0v) is 17.0. The number of hydrogen-bond acceptors (Lipinski definition) is 6. The summed E-state index contributed by atoms with van der Waals surface area (Å²) >= 11 is 6.14. The number of amides is 1. The van der Waals surface area contributed by atoms with Crippen molar-refractivity contribution in [2.75, 3.05) is 24.5 Å². The Balaban J connectivity index is 1.96. The number of carboxylic acids is 1. The molecule has 1 amide bonds. The number of carbonyl (C=O) groups excluding carboxylic acids is 1. The molecule has 9 heteroatoms. The smallest absolute Gasteiger partial charge is 0.411 e. The first-order valence-corrected chi connectivity index (χ1v) is 9.30. The molecule has 1 fully saturated rings. The predicted octanol–water partition coefficient (Wildman–Crippen LogP) is 3.18. The summed E-state index contributed by atoms with van der Waals surface area (Å²) < 4.78 is 5.41. The van der Waals surface area contributed by atoms with E-state index >= 15 is 0 Å². The highest BCUT2D eigenvalue weighted by molar-refractivity contribution is 6.34. The van der Waals surface area contributed by atoms with Crippen molar-refractivity contribution in [1.82, 2.24) is 15.1 Å². The SMILES string of the molecule is CC(C)(C)OC(=O)N1CCN(c2nnc(Cl)c3ccccc23)CC1(C)C(=O)O. The first-order chi connectivity index (χ1) is 13.0. The van der Waals surface area contributed by atoms with Crippen LogP contribution < -0.4 is 4.90 Å². The van der Waals surface area contributed by atoms with Crippen LogP contribution in [-0.2, 0) is 9.53 Å². The fraction of sp³-hybridized carbons (Fsp3) is 0.474. The monoisotopic (exact) mass is 406 g/mol. The molecule has 1 aliphatic heterocycles. The van der Waals surface area contributed by atoms with Crippen LogP contribution in [0.1, 0.15) is 27.7 Å². The van der Waals surface area contributed by atoms with Crippen LogP contribution in [-0.4, -0.2) is 63.0 Å². The fourth-order valence-electron chi connectivity index (χ4n) is 3.27. The van der Waals surface area contributed by atoms with Gasteiger partial charge < -0.3 is 14.7 Å². The largest absolute Gasteiger partial charge is 0.479 e. The normalized spacial score (nSPS) is 20.3. The zero-order chi connectivity index (χ0) is 20.7. The summed E-state index contributed by atoms with van der Waals surface area (Å²) in [6.45, 7) is 7.36. The van der Waals surface area contributed by atoms with Gasteiger partial charge in [0.05, 0.1) is 6.54 Å². The van der Waals surface area contributed by atoms with Crippen molar-refractivity contribution in [2.45, 2.75) is 38.8 Å². The number of aliphatic carboxylic acids is 1. The zero-order valence-electron chi connectivity index (χ0n) is 16.3. The van der Waals surface area contributed by atoms with Gasteiger partial charge in [-0.3, -0.25) is 4.90 Å². The summed E-state index contributed by atoms with van der Waals surface area (Å²) in [6.07, 6.45) is -0.649. The Morgan fingerprint density at radius 1 is 1.18 bits per heavy atom. The first kappa shape index (κ1) is 20.1. The quantitative estimate of drug-likeness (QED) is 0.818. The van der Waals surface area contributed by atoms with Crippen LogP contribution in [0.3, 0.4) is 0 Å². The molecule has 2 aromatic rings. The molecule has 0 spiro atoms. The van der Waals surface area contributed by atoms with E-state index in [1.807, 2.05) is 29.2 Å². The number of piperazine rings is 1. The Hall–Kier alpha value is -2.61. The molecule has 1 saturated heterocycles. The van der Waals surface area contributed by atoms with E-state index in [-0.39, 0.29) is 18.2 Å². The van der Waals surface area contributed by atoms with Crippen LogP contribution in [0.5, 0.6) is 0 Å². The topological polar surface area (TPSA) is 95.9 Å². The van der Waals surface area contributed by atoms with Crippen LogP contribution in [0.2, 0.25) is 5.15 Å². The van der Waals surface area contributed by atoms with Gasteiger partial charge in [0.15, 0.2) is 16.5 Å². The molecule has 2 heterocycles. The molecule has 8 nitrogen and oxygen atoms in total. The third-order valence-corrected chi connectivity index (χ3v) is 4.96. The summed E-state index contributed by atoms with van der Waals surface area (Å²) in [5.74, 6) is -0.578. The maximum Gasteiger partial charge on any atom is 0.411 e. The van der Waals surface area contributed by atoms with Gasteiger partial charge in [-0.25, -0.2) is 9.59 Å². The van der Waals surface area contributed by atoms with Crippen LogP contribution >= 0.6 is 11.6 Å². The maximum absolute atomic E-state index is 12.6. The lowest BCUT2D eigenvalue weighted by molar-refractivity contribution is -0.150. The van der Waals surface area contributed by atoms with Crippen LogP contribution in [0.25, 0.3) is 10.8 Å². The van der Waals surface area contributed by atoms with E-state index < -0.39 is 23.2 Å². The Bertz CT molecular complexity index is 930. The van der Waals surface area contributed by atoms with Gasteiger partial charge in [0.1, 0.15) is 5.60 Å². The van der Waals surface area contributed by atoms with Gasteiger partial charge in [-0.2, -0.15) is 0 Å². The molecule has 0 saturated carbocycles. The Kier molecular flexibility index (Phi) is 5.10. The summed E-state index contributed by atoms with van der Waals surface area (Å²) in [6, 6.07) is 7.41. The summed E-state index contributed by atoms with van der Waals surface area (Å²) in [5, 5.41) is 19.9. The summed E-state index contributed by atoms with van der Waals surface area (Å²) in [4.78, 5) is 27.8. The maximum atomic E-state index is 12.6. The highest BCUT2D eigenvalue weighted by Gasteiger charge is 2.48.